The van der Waals surface area contributed by atoms with E-state index in [0.29, 0.717) is 12.1 Å². The molecule has 7 heteroatoms. The average Bonchev–Trinajstić information content (AvgIpc) is 2.58. The summed E-state index contributed by atoms with van der Waals surface area (Å²) >= 11 is 1.36. The lowest BCUT2D eigenvalue weighted by Gasteiger charge is -2.30. The van der Waals surface area contributed by atoms with Crippen molar-refractivity contribution in [3.8, 4) is 0 Å². The monoisotopic (exact) mass is 339 g/mol. The molecular weight excluding hydrogens is 317 g/mol. The predicted octanol–water partition coefficient (Wildman–Crippen LogP) is 1.71. The first-order chi connectivity index (χ1) is 11.1. The van der Waals surface area contributed by atoms with E-state index in [1.807, 2.05) is 11.8 Å². The van der Waals surface area contributed by atoms with E-state index >= 15 is 0 Å². The Morgan fingerprint density at radius 2 is 1.96 bits per heavy atom. The zero-order valence-corrected chi connectivity index (χ0v) is 14.0. The Balaban J connectivity index is 1.80. The second-order valence-electron chi connectivity index (χ2n) is 5.34. The van der Waals surface area contributed by atoms with Crippen molar-refractivity contribution in [2.24, 2.45) is 0 Å². The molecule has 0 spiro atoms. The lowest BCUT2D eigenvalue weighted by Crippen LogP contribution is -2.49. The number of benzene rings is 1. The fraction of sp³-hybridized carbons (Fsp3) is 0.500. The summed E-state index contributed by atoms with van der Waals surface area (Å²) in [6.07, 6.45) is 0.692. The molecule has 1 fully saturated rings. The van der Waals surface area contributed by atoms with Crippen molar-refractivity contribution >= 4 is 29.3 Å². The number of nitrogens with one attached hydrogen (secondary N) is 2. The average molecular weight is 339 g/mol. The van der Waals surface area contributed by atoms with E-state index in [-0.39, 0.29) is 28.6 Å². The summed E-state index contributed by atoms with van der Waals surface area (Å²) < 4.78 is 12.8. The molecule has 1 atom stereocenters. The number of carbonyl (C=O) groups is 2. The maximum absolute atomic E-state index is 12.8. The molecule has 2 amide bonds. The van der Waals surface area contributed by atoms with Gasteiger partial charge in [0.2, 0.25) is 11.8 Å². The van der Waals surface area contributed by atoms with Gasteiger partial charge >= 0.3 is 0 Å². The van der Waals surface area contributed by atoms with Gasteiger partial charge in [0.25, 0.3) is 0 Å². The number of piperazine rings is 1. The van der Waals surface area contributed by atoms with Gasteiger partial charge < -0.3 is 15.5 Å². The van der Waals surface area contributed by atoms with Crippen molar-refractivity contribution in [1.29, 1.82) is 0 Å². The maximum atomic E-state index is 12.8. The van der Waals surface area contributed by atoms with Crippen molar-refractivity contribution in [1.82, 2.24) is 10.2 Å². The molecule has 0 bridgehead atoms. The second kappa shape index (κ2) is 8.88. The molecule has 1 aliphatic heterocycles. The Morgan fingerprint density at radius 3 is 2.57 bits per heavy atom. The van der Waals surface area contributed by atoms with Gasteiger partial charge in [0.15, 0.2) is 0 Å². The number of anilines is 1. The van der Waals surface area contributed by atoms with Crippen LogP contribution >= 0.6 is 11.8 Å². The highest BCUT2D eigenvalue weighted by Gasteiger charge is 2.25. The summed E-state index contributed by atoms with van der Waals surface area (Å²) in [6.45, 7) is 5.03. The van der Waals surface area contributed by atoms with Gasteiger partial charge in [0.05, 0.1) is 11.0 Å². The van der Waals surface area contributed by atoms with Crippen LogP contribution in [0.1, 0.15) is 13.3 Å². The van der Waals surface area contributed by atoms with Crippen molar-refractivity contribution in [2.75, 3.05) is 37.2 Å². The molecule has 2 N–H and O–H groups in total. The number of nitrogens with zero attached hydrogens (tertiary/aromatic N) is 1. The number of thioether (sulfide) groups is 1. The SMILES string of the molecule is CCC(SCC(=O)Nc1ccc(F)cc1)C(=O)N1CCNCC1. The topological polar surface area (TPSA) is 61.4 Å². The van der Waals surface area contributed by atoms with Gasteiger partial charge in [-0.3, -0.25) is 9.59 Å². The zero-order chi connectivity index (χ0) is 16.7. The Kier molecular flexibility index (Phi) is 6.85. The molecule has 1 aliphatic rings. The van der Waals surface area contributed by atoms with Gasteiger partial charge in [-0.1, -0.05) is 6.92 Å². The first-order valence-corrected chi connectivity index (χ1v) is 8.81. The first-order valence-electron chi connectivity index (χ1n) is 7.76. The molecule has 0 aliphatic carbocycles. The molecule has 2 rings (SSSR count). The minimum Gasteiger partial charge on any atom is -0.339 e. The number of amides is 2. The third kappa shape index (κ3) is 5.51. The highest BCUT2D eigenvalue weighted by molar-refractivity contribution is 8.01. The van der Waals surface area contributed by atoms with Crippen LogP contribution in [-0.4, -0.2) is 53.9 Å². The van der Waals surface area contributed by atoms with Crippen LogP contribution in [-0.2, 0) is 9.59 Å². The van der Waals surface area contributed by atoms with Gasteiger partial charge in [0, 0.05) is 31.9 Å². The van der Waals surface area contributed by atoms with Crippen LogP contribution in [0.4, 0.5) is 10.1 Å². The van der Waals surface area contributed by atoms with E-state index in [1.165, 1.54) is 36.0 Å². The van der Waals surface area contributed by atoms with Crippen LogP contribution in [0.2, 0.25) is 0 Å². The summed E-state index contributed by atoms with van der Waals surface area (Å²) in [6, 6.07) is 5.62. The molecule has 0 radical (unpaired) electrons. The molecule has 1 unspecified atom stereocenters. The Hall–Kier alpha value is -1.60. The lowest BCUT2D eigenvalue weighted by atomic mass is 10.2. The molecule has 1 saturated heterocycles. The molecule has 1 heterocycles. The highest BCUT2D eigenvalue weighted by atomic mass is 32.2. The smallest absolute Gasteiger partial charge is 0.235 e. The normalized spacial score (nSPS) is 16.0. The van der Waals surface area contributed by atoms with Crippen molar-refractivity contribution < 1.29 is 14.0 Å². The van der Waals surface area contributed by atoms with E-state index < -0.39 is 0 Å². The van der Waals surface area contributed by atoms with Crippen molar-refractivity contribution in [3.63, 3.8) is 0 Å². The first kappa shape index (κ1) is 17.7. The lowest BCUT2D eigenvalue weighted by molar-refractivity contribution is -0.131. The largest absolute Gasteiger partial charge is 0.339 e. The molecule has 5 nitrogen and oxygen atoms in total. The van der Waals surface area contributed by atoms with Gasteiger partial charge in [-0.15, -0.1) is 11.8 Å². The van der Waals surface area contributed by atoms with Crippen molar-refractivity contribution in [2.45, 2.75) is 18.6 Å². The van der Waals surface area contributed by atoms with Crippen LogP contribution in [0.25, 0.3) is 0 Å². The van der Waals surface area contributed by atoms with Gasteiger partial charge in [-0.25, -0.2) is 4.39 Å². The molecule has 23 heavy (non-hydrogen) atoms. The molecule has 0 aromatic heterocycles. The Morgan fingerprint density at radius 1 is 1.30 bits per heavy atom. The fourth-order valence-electron chi connectivity index (χ4n) is 2.36. The molecule has 1 aromatic rings. The molecule has 1 aromatic carbocycles. The third-order valence-corrected chi connectivity index (χ3v) is 4.98. The number of rotatable bonds is 6. The van der Waals surface area contributed by atoms with E-state index in [1.54, 1.807) is 0 Å². The summed E-state index contributed by atoms with van der Waals surface area (Å²) in [5, 5.41) is 5.72. The minimum absolute atomic E-state index is 0.105. The fourth-order valence-corrected chi connectivity index (χ4v) is 3.31. The number of halogens is 1. The highest BCUT2D eigenvalue weighted by Crippen LogP contribution is 2.18. The van der Waals surface area contributed by atoms with Crippen molar-refractivity contribution in [3.05, 3.63) is 30.1 Å². The van der Waals surface area contributed by atoms with Crippen LogP contribution in [0.15, 0.2) is 24.3 Å². The van der Waals surface area contributed by atoms with Gasteiger partial charge in [0.1, 0.15) is 5.82 Å². The molecule has 126 valence electrons. The zero-order valence-electron chi connectivity index (χ0n) is 13.2. The third-order valence-electron chi connectivity index (χ3n) is 3.62. The number of hydrogen-bond acceptors (Lipinski definition) is 4. The number of hydrogen-bond donors (Lipinski definition) is 2. The number of carbonyl (C=O) groups excluding carboxylic acids is 2. The van der Waals surface area contributed by atoms with Crippen LogP contribution in [0, 0.1) is 5.82 Å². The van der Waals surface area contributed by atoms with Crippen LogP contribution in [0.5, 0.6) is 0 Å². The van der Waals surface area contributed by atoms with E-state index in [9.17, 15) is 14.0 Å². The van der Waals surface area contributed by atoms with E-state index in [2.05, 4.69) is 10.6 Å². The second-order valence-corrected chi connectivity index (χ2v) is 6.53. The summed E-state index contributed by atoms with van der Waals surface area (Å²) in [4.78, 5) is 26.3. The summed E-state index contributed by atoms with van der Waals surface area (Å²) in [5.41, 5.74) is 0.554. The Bertz CT molecular complexity index is 533. The summed E-state index contributed by atoms with van der Waals surface area (Å²) in [7, 11) is 0. The Labute approximate surface area is 140 Å². The van der Waals surface area contributed by atoms with E-state index in [4.69, 9.17) is 0 Å². The maximum Gasteiger partial charge on any atom is 0.235 e. The van der Waals surface area contributed by atoms with Gasteiger partial charge in [-0.05, 0) is 30.7 Å². The minimum atomic E-state index is -0.343. The van der Waals surface area contributed by atoms with Gasteiger partial charge in [-0.2, -0.15) is 0 Å². The standard InChI is InChI=1S/C16H22FN3O2S/c1-2-14(16(22)20-9-7-18-8-10-20)23-11-15(21)19-13-5-3-12(17)4-6-13/h3-6,14,18H,2,7-11H2,1H3,(H,19,21). The van der Waals surface area contributed by atoms with Crippen LogP contribution < -0.4 is 10.6 Å². The quantitative estimate of drug-likeness (QED) is 0.828. The molecular formula is C16H22FN3O2S. The predicted molar refractivity (Wildman–Crippen MR) is 91.0 cm³/mol. The van der Waals surface area contributed by atoms with Crippen LogP contribution in [0.3, 0.4) is 0 Å². The van der Waals surface area contributed by atoms with E-state index in [0.717, 1.165) is 26.2 Å². The molecule has 0 saturated carbocycles. The summed E-state index contributed by atoms with van der Waals surface area (Å²) in [5.74, 6) is -0.222.